The average Bonchev–Trinajstić information content (AvgIpc) is 2.63. The van der Waals surface area contributed by atoms with E-state index in [2.05, 4.69) is 0 Å². The summed E-state index contributed by atoms with van der Waals surface area (Å²) in [4.78, 5) is 14.2. The highest BCUT2D eigenvalue weighted by Crippen LogP contribution is 2.19. The van der Waals surface area contributed by atoms with E-state index in [9.17, 15) is 4.79 Å². The van der Waals surface area contributed by atoms with Crippen LogP contribution in [0.5, 0.6) is 0 Å². The molecule has 0 aromatic carbocycles. The molecule has 2 atom stereocenters. The average molecular weight is 259 g/mol. The first kappa shape index (κ1) is 14.8. The van der Waals surface area contributed by atoms with Gasteiger partial charge < -0.3 is 10.0 Å². The Balaban J connectivity index is 2.33. The highest BCUT2D eigenvalue weighted by molar-refractivity contribution is 8.00. The zero-order valence-electron chi connectivity index (χ0n) is 11.0. The lowest BCUT2D eigenvalue weighted by Gasteiger charge is -2.24. The summed E-state index contributed by atoms with van der Waals surface area (Å²) < 4.78 is 0. The third kappa shape index (κ3) is 5.30. The van der Waals surface area contributed by atoms with Crippen molar-refractivity contribution in [1.82, 2.24) is 4.90 Å². The lowest BCUT2D eigenvalue weighted by molar-refractivity contribution is -0.130. The molecule has 1 aliphatic heterocycles. The van der Waals surface area contributed by atoms with E-state index in [1.165, 1.54) is 12.8 Å². The molecule has 0 aromatic heterocycles. The molecule has 0 bridgehead atoms. The van der Waals surface area contributed by atoms with Crippen LogP contribution in [0.4, 0.5) is 0 Å². The zero-order chi connectivity index (χ0) is 12.7. The van der Waals surface area contributed by atoms with Crippen LogP contribution in [0.2, 0.25) is 0 Å². The number of hydrogen-bond donors (Lipinski definition) is 1. The Morgan fingerprint density at radius 3 is 2.35 bits per heavy atom. The molecular formula is C13H25NO2S. The van der Waals surface area contributed by atoms with E-state index in [0.29, 0.717) is 0 Å². The number of aliphatic hydroxyl groups excluding tert-OH is 1. The van der Waals surface area contributed by atoms with Gasteiger partial charge in [0, 0.05) is 19.7 Å². The Bertz CT molecular complexity index is 227. The van der Waals surface area contributed by atoms with Crippen molar-refractivity contribution >= 4 is 17.7 Å². The topological polar surface area (TPSA) is 40.5 Å². The monoisotopic (exact) mass is 259 g/mol. The maximum Gasteiger partial charge on any atom is 0.235 e. The predicted octanol–water partition coefficient (Wildman–Crippen LogP) is 2.14. The summed E-state index contributed by atoms with van der Waals surface area (Å²) in [6.07, 6.45) is 4.81. The van der Waals surface area contributed by atoms with Gasteiger partial charge in [-0.1, -0.05) is 19.8 Å². The second-order valence-corrected chi connectivity index (χ2v) is 6.38. The molecule has 3 nitrogen and oxygen atoms in total. The largest absolute Gasteiger partial charge is 0.396 e. The number of hydrogen-bond acceptors (Lipinski definition) is 3. The van der Waals surface area contributed by atoms with Gasteiger partial charge in [-0.25, -0.2) is 0 Å². The first-order chi connectivity index (χ1) is 8.15. The van der Waals surface area contributed by atoms with Gasteiger partial charge in [0.2, 0.25) is 5.91 Å². The predicted molar refractivity (Wildman–Crippen MR) is 73.2 cm³/mol. The van der Waals surface area contributed by atoms with Gasteiger partial charge in [0.05, 0.1) is 5.25 Å². The van der Waals surface area contributed by atoms with E-state index in [4.69, 9.17) is 5.11 Å². The molecular weight excluding hydrogens is 234 g/mol. The second-order valence-electron chi connectivity index (χ2n) is 5.00. The molecule has 1 aliphatic rings. The summed E-state index contributed by atoms with van der Waals surface area (Å²) in [6.45, 7) is 6.06. The molecule has 1 fully saturated rings. The van der Waals surface area contributed by atoms with Crippen molar-refractivity contribution in [3.05, 3.63) is 0 Å². The van der Waals surface area contributed by atoms with Crippen molar-refractivity contribution in [1.29, 1.82) is 0 Å². The number of amides is 1. The minimum Gasteiger partial charge on any atom is -0.396 e. The summed E-state index contributed by atoms with van der Waals surface area (Å²) in [5.74, 6) is 1.42. The summed E-state index contributed by atoms with van der Waals surface area (Å²) in [5.41, 5.74) is 0. The molecule has 1 saturated heterocycles. The van der Waals surface area contributed by atoms with Crippen LogP contribution in [0.25, 0.3) is 0 Å². The number of rotatable bonds is 5. The lowest BCUT2D eigenvalue weighted by atomic mass is 10.2. The molecule has 0 saturated carbocycles. The SMILES string of the molecule is CC(CO)CSC(C)C(=O)N1CCCCCC1. The van der Waals surface area contributed by atoms with Crippen molar-refractivity contribution in [2.75, 3.05) is 25.4 Å². The van der Waals surface area contributed by atoms with E-state index in [0.717, 1.165) is 31.7 Å². The lowest BCUT2D eigenvalue weighted by Crippen LogP contribution is -2.37. The molecule has 0 radical (unpaired) electrons. The number of likely N-dealkylation sites (tertiary alicyclic amines) is 1. The summed E-state index contributed by atoms with van der Waals surface area (Å²) >= 11 is 1.67. The summed E-state index contributed by atoms with van der Waals surface area (Å²) in [5, 5.41) is 8.99. The normalized spacial score (nSPS) is 20.8. The quantitative estimate of drug-likeness (QED) is 0.822. The third-order valence-electron chi connectivity index (χ3n) is 3.21. The smallest absolute Gasteiger partial charge is 0.235 e. The first-order valence-electron chi connectivity index (χ1n) is 6.66. The van der Waals surface area contributed by atoms with Crippen LogP contribution in [0.1, 0.15) is 39.5 Å². The molecule has 100 valence electrons. The molecule has 1 rings (SSSR count). The standard InChI is InChI=1S/C13H25NO2S/c1-11(9-15)10-17-12(2)13(16)14-7-5-3-4-6-8-14/h11-12,15H,3-10H2,1-2H3. The highest BCUT2D eigenvalue weighted by Gasteiger charge is 2.21. The molecule has 1 heterocycles. The van der Waals surface area contributed by atoms with E-state index in [1.54, 1.807) is 11.8 Å². The zero-order valence-corrected chi connectivity index (χ0v) is 11.8. The number of nitrogens with zero attached hydrogens (tertiary/aromatic N) is 1. The number of carbonyl (C=O) groups excluding carboxylic acids is 1. The van der Waals surface area contributed by atoms with Gasteiger partial charge in [-0.15, -0.1) is 11.8 Å². The number of carbonyl (C=O) groups is 1. The van der Waals surface area contributed by atoms with E-state index >= 15 is 0 Å². The fourth-order valence-corrected chi connectivity index (χ4v) is 3.00. The van der Waals surface area contributed by atoms with Crippen LogP contribution in [0.15, 0.2) is 0 Å². The molecule has 0 spiro atoms. The van der Waals surface area contributed by atoms with E-state index in [-0.39, 0.29) is 23.7 Å². The van der Waals surface area contributed by atoms with Crippen molar-refractivity contribution < 1.29 is 9.90 Å². The molecule has 0 aliphatic carbocycles. The van der Waals surface area contributed by atoms with E-state index in [1.807, 2.05) is 18.7 Å². The van der Waals surface area contributed by atoms with Gasteiger partial charge in [-0.2, -0.15) is 0 Å². The molecule has 17 heavy (non-hydrogen) atoms. The highest BCUT2D eigenvalue weighted by atomic mass is 32.2. The molecule has 1 amide bonds. The molecule has 2 unspecified atom stereocenters. The molecule has 4 heteroatoms. The minimum atomic E-state index is 0.0297. The van der Waals surface area contributed by atoms with Gasteiger partial charge in [0.1, 0.15) is 0 Å². The van der Waals surface area contributed by atoms with Gasteiger partial charge in [-0.05, 0) is 31.4 Å². The van der Waals surface area contributed by atoms with Gasteiger partial charge in [0.15, 0.2) is 0 Å². The third-order valence-corrected chi connectivity index (χ3v) is 4.67. The fourth-order valence-electron chi connectivity index (χ4n) is 1.98. The molecule has 1 N–H and O–H groups in total. The minimum absolute atomic E-state index is 0.0297. The number of thioether (sulfide) groups is 1. The van der Waals surface area contributed by atoms with Gasteiger partial charge >= 0.3 is 0 Å². The fraction of sp³-hybridized carbons (Fsp3) is 0.923. The van der Waals surface area contributed by atoms with Crippen molar-refractivity contribution in [3.8, 4) is 0 Å². The van der Waals surface area contributed by atoms with Crippen molar-refractivity contribution in [2.45, 2.75) is 44.8 Å². The molecule has 0 aromatic rings. The summed E-state index contributed by atoms with van der Waals surface area (Å²) in [6, 6.07) is 0. The Hall–Kier alpha value is -0.220. The Labute approximate surface area is 109 Å². The van der Waals surface area contributed by atoms with Gasteiger partial charge in [-0.3, -0.25) is 4.79 Å². The Kier molecular flexibility index (Phi) is 6.97. The van der Waals surface area contributed by atoms with Crippen LogP contribution in [0, 0.1) is 5.92 Å². The van der Waals surface area contributed by atoms with Crippen LogP contribution in [0.3, 0.4) is 0 Å². The second kappa shape index (κ2) is 7.98. The number of aliphatic hydroxyl groups is 1. The summed E-state index contributed by atoms with van der Waals surface area (Å²) in [7, 11) is 0. The maximum atomic E-state index is 12.2. The maximum absolute atomic E-state index is 12.2. The van der Waals surface area contributed by atoms with Gasteiger partial charge in [0.25, 0.3) is 0 Å². The van der Waals surface area contributed by atoms with E-state index < -0.39 is 0 Å². The van der Waals surface area contributed by atoms with Crippen LogP contribution in [-0.2, 0) is 4.79 Å². The first-order valence-corrected chi connectivity index (χ1v) is 7.71. The van der Waals surface area contributed by atoms with Crippen molar-refractivity contribution in [3.63, 3.8) is 0 Å². The Morgan fingerprint density at radius 1 is 1.24 bits per heavy atom. The Morgan fingerprint density at radius 2 is 1.82 bits per heavy atom. The van der Waals surface area contributed by atoms with Crippen LogP contribution in [-0.4, -0.2) is 46.6 Å². The van der Waals surface area contributed by atoms with Crippen LogP contribution >= 0.6 is 11.8 Å². The van der Waals surface area contributed by atoms with Crippen molar-refractivity contribution in [2.24, 2.45) is 5.92 Å². The van der Waals surface area contributed by atoms with Crippen LogP contribution < -0.4 is 0 Å².